The van der Waals surface area contributed by atoms with Crippen LogP contribution in [0, 0.1) is 5.82 Å². The van der Waals surface area contributed by atoms with Crippen LogP contribution in [0.2, 0.25) is 5.02 Å². The molecule has 1 heterocycles. The van der Waals surface area contributed by atoms with Crippen LogP contribution < -0.4 is 4.72 Å². The molecule has 0 fully saturated rings. The molecule has 4 nitrogen and oxygen atoms in total. The summed E-state index contributed by atoms with van der Waals surface area (Å²) >= 11 is 5.53. The maximum Gasteiger partial charge on any atom is 0.241 e. The Balaban J connectivity index is 2.17. The third-order valence-electron chi connectivity index (χ3n) is 2.22. The van der Waals surface area contributed by atoms with Crippen LogP contribution in [0.1, 0.15) is 5.76 Å². The van der Waals surface area contributed by atoms with Crippen LogP contribution in [0.5, 0.6) is 0 Å². The Morgan fingerprint density at radius 3 is 2.72 bits per heavy atom. The summed E-state index contributed by atoms with van der Waals surface area (Å²) in [5, 5.41) is -0.240. The molecule has 0 amide bonds. The standard InChI is InChI=1S/C11H9ClFNO3S/c12-10-6-9(3-4-11(10)13)18(15,16)14-7-8-2-1-5-17-8/h1-6,14H,7H2. The van der Waals surface area contributed by atoms with E-state index >= 15 is 0 Å². The molecule has 2 aromatic rings. The Morgan fingerprint density at radius 2 is 2.11 bits per heavy atom. The highest BCUT2D eigenvalue weighted by atomic mass is 35.5. The molecule has 2 rings (SSSR count). The molecule has 0 radical (unpaired) electrons. The predicted molar refractivity (Wildman–Crippen MR) is 64.1 cm³/mol. The summed E-state index contributed by atoms with van der Waals surface area (Å²) in [6.07, 6.45) is 1.44. The molecular formula is C11H9ClFNO3S. The first kappa shape index (κ1) is 13.1. The van der Waals surface area contributed by atoms with E-state index in [2.05, 4.69) is 4.72 Å². The summed E-state index contributed by atoms with van der Waals surface area (Å²) in [6, 6.07) is 6.50. The highest BCUT2D eigenvalue weighted by Gasteiger charge is 2.15. The molecule has 18 heavy (non-hydrogen) atoms. The average molecular weight is 290 g/mol. The highest BCUT2D eigenvalue weighted by molar-refractivity contribution is 7.89. The predicted octanol–water partition coefficient (Wildman–Crippen LogP) is 2.55. The Kier molecular flexibility index (Phi) is 3.70. The number of halogens is 2. The van der Waals surface area contributed by atoms with E-state index < -0.39 is 15.8 Å². The van der Waals surface area contributed by atoms with Gasteiger partial charge in [0.15, 0.2) is 0 Å². The molecule has 1 N–H and O–H groups in total. The topological polar surface area (TPSA) is 59.3 Å². The molecule has 0 atom stereocenters. The number of nitrogens with one attached hydrogen (secondary N) is 1. The number of rotatable bonds is 4. The molecule has 7 heteroatoms. The minimum Gasteiger partial charge on any atom is -0.468 e. The van der Waals surface area contributed by atoms with Crippen molar-refractivity contribution in [1.29, 1.82) is 0 Å². The second-order valence-electron chi connectivity index (χ2n) is 3.48. The van der Waals surface area contributed by atoms with E-state index in [1.54, 1.807) is 12.1 Å². The van der Waals surface area contributed by atoms with Crippen LogP contribution >= 0.6 is 11.6 Å². The van der Waals surface area contributed by atoms with E-state index in [1.807, 2.05) is 0 Å². The molecule has 0 spiro atoms. The molecule has 1 aromatic carbocycles. The Hall–Kier alpha value is -1.37. The monoisotopic (exact) mass is 289 g/mol. The summed E-state index contributed by atoms with van der Waals surface area (Å²) in [4.78, 5) is -0.0968. The van der Waals surface area contributed by atoms with Crippen molar-refractivity contribution in [1.82, 2.24) is 4.72 Å². The number of benzene rings is 1. The summed E-state index contributed by atoms with van der Waals surface area (Å²) in [5.74, 6) is -0.187. The molecule has 96 valence electrons. The lowest BCUT2D eigenvalue weighted by Gasteiger charge is -2.05. The van der Waals surface area contributed by atoms with Crippen molar-refractivity contribution >= 4 is 21.6 Å². The number of furan rings is 1. The van der Waals surface area contributed by atoms with E-state index in [0.717, 1.165) is 18.2 Å². The van der Waals surface area contributed by atoms with Gasteiger partial charge in [0.1, 0.15) is 11.6 Å². The van der Waals surface area contributed by atoms with Gasteiger partial charge in [0.05, 0.1) is 22.7 Å². The van der Waals surface area contributed by atoms with Crippen molar-refractivity contribution in [3.8, 4) is 0 Å². The van der Waals surface area contributed by atoms with Gasteiger partial charge in [-0.25, -0.2) is 17.5 Å². The number of hydrogen-bond acceptors (Lipinski definition) is 3. The lowest BCUT2D eigenvalue weighted by atomic mass is 10.3. The van der Waals surface area contributed by atoms with Crippen molar-refractivity contribution < 1.29 is 17.2 Å². The van der Waals surface area contributed by atoms with Gasteiger partial charge in [-0.3, -0.25) is 0 Å². The zero-order valence-corrected chi connectivity index (χ0v) is 10.6. The summed E-state index contributed by atoms with van der Waals surface area (Å²) in [5.41, 5.74) is 0. The van der Waals surface area contributed by atoms with Crippen LogP contribution in [0.25, 0.3) is 0 Å². The second-order valence-corrected chi connectivity index (χ2v) is 5.65. The molecule has 0 aliphatic rings. The van der Waals surface area contributed by atoms with E-state index in [9.17, 15) is 12.8 Å². The SMILES string of the molecule is O=S(=O)(NCc1ccco1)c1ccc(F)c(Cl)c1. The first-order valence-electron chi connectivity index (χ1n) is 4.96. The maximum absolute atomic E-state index is 12.9. The minimum atomic E-state index is -3.74. The van der Waals surface area contributed by atoms with Crippen LogP contribution in [-0.2, 0) is 16.6 Å². The fourth-order valence-corrected chi connectivity index (χ4v) is 2.57. The summed E-state index contributed by atoms with van der Waals surface area (Å²) < 4.78 is 44.0. The third kappa shape index (κ3) is 2.90. The first-order chi connectivity index (χ1) is 8.49. The van der Waals surface area contributed by atoms with Gasteiger partial charge in [0, 0.05) is 0 Å². The zero-order valence-electron chi connectivity index (χ0n) is 9.06. The summed E-state index contributed by atoms with van der Waals surface area (Å²) in [6.45, 7) is 0.0182. The summed E-state index contributed by atoms with van der Waals surface area (Å²) in [7, 11) is -3.74. The smallest absolute Gasteiger partial charge is 0.241 e. The number of sulfonamides is 1. The molecule has 1 aromatic heterocycles. The minimum absolute atomic E-state index is 0.0182. The average Bonchev–Trinajstić information content (AvgIpc) is 2.83. The molecule has 0 saturated heterocycles. The highest BCUT2D eigenvalue weighted by Crippen LogP contribution is 2.19. The van der Waals surface area contributed by atoms with Gasteiger partial charge < -0.3 is 4.42 Å². The first-order valence-corrected chi connectivity index (χ1v) is 6.82. The van der Waals surface area contributed by atoms with Crippen LogP contribution in [0.3, 0.4) is 0 Å². The Bertz CT molecular complexity index is 640. The van der Waals surface area contributed by atoms with Crippen LogP contribution in [-0.4, -0.2) is 8.42 Å². The largest absolute Gasteiger partial charge is 0.468 e. The lowest BCUT2D eigenvalue weighted by Crippen LogP contribution is -2.23. The molecule has 0 unspecified atom stereocenters. The van der Waals surface area contributed by atoms with Gasteiger partial charge in [-0.2, -0.15) is 0 Å². The van der Waals surface area contributed by atoms with Gasteiger partial charge in [-0.1, -0.05) is 11.6 Å². The molecule has 0 bridgehead atoms. The van der Waals surface area contributed by atoms with E-state index in [0.29, 0.717) is 5.76 Å². The van der Waals surface area contributed by atoms with E-state index in [-0.39, 0.29) is 16.5 Å². The van der Waals surface area contributed by atoms with Gasteiger partial charge in [0.2, 0.25) is 10.0 Å². The van der Waals surface area contributed by atoms with Crippen molar-refractivity contribution in [2.24, 2.45) is 0 Å². The second kappa shape index (κ2) is 5.09. The van der Waals surface area contributed by atoms with Crippen molar-refractivity contribution in [3.05, 3.63) is 53.2 Å². The van der Waals surface area contributed by atoms with Gasteiger partial charge >= 0.3 is 0 Å². The zero-order chi connectivity index (χ0) is 13.2. The fourth-order valence-electron chi connectivity index (χ4n) is 1.31. The van der Waals surface area contributed by atoms with Crippen LogP contribution in [0.4, 0.5) is 4.39 Å². The molecular weight excluding hydrogens is 281 g/mol. The van der Waals surface area contributed by atoms with Gasteiger partial charge in [0.25, 0.3) is 0 Å². The van der Waals surface area contributed by atoms with Crippen molar-refractivity contribution in [2.75, 3.05) is 0 Å². The normalized spacial score (nSPS) is 11.7. The lowest BCUT2D eigenvalue weighted by molar-refractivity contribution is 0.498. The van der Waals surface area contributed by atoms with Gasteiger partial charge in [-0.15, -0.1) is 0 Å². The maximum atomic E-state index is 12.9. The quantitative estimate of drug-likeness (QED) is 0.941. The number of hydrogen-bond donors (Lipinski definition) is 1. The molecule has 0 saturated carbocycles. The van der Waals surface area contributed by atoms with E-state index in [1.165, 1.54) is 6.26 Å². The molecule has 0 aliphatic carbocycles. The van der Waals surface area contributed by atoms with E-state index in [4.69, 9.17) is 16.0 Å². The Labute approximate surface area is 108 Å². The van der Waals surface area contributed by atoms with Gasteiger partial charge in [-0.05, 0) is 30.3 Å². The van der Waals surface area contributed by atoms with Crippen LogP contribution in [0.15, 0.2) is 45.9 Å². The fraction of sp³-hybridized carbons (Fsp3) is 0.0909. The molecule has 0 aliphatic heterocycles. The van der Waals surface area contributed by atoms with Crippen molar-refractivity contribution in [2.45, 2.75) is 11.4 Å². The van der Waals surface area contributed by atoms with Crippen molar-refractivity contribution in [3.63, 3.8) is 0 Å². The third-order valence-corrected chi connectivity index (χ3v) is 3.91. The Morgan fingerprint density at radius 1 is 1.33 bits per heavy atom.